The van der Waals surface area contributed by atoms with E-state index in [1.54, 1.807) is 0 Å². The number of hydrogen-bond acceptors (Lipinski definition) is 3. The third-order valence-electron chi connectivity index (χ3n) is 2.36. The average Bonchev–Trinajstić information content (AvgIpc) is 2.36. The van der Waals surface area contributed by atoms with Gasteiger partial charge in [0.2, 0.25) is 0 Å². The topological polar surface area (TPSA) is 55.1 Å². The van der Waals surface area contributed by atoms with Crippen LogP contribution in [0.25, 0.3) is 0 Å². The van der Waals surface area contributed by atoms with E-state index in [1.165, 1.54) is 0 Å². The molecular weight excluding hydrogens is 302 g/mol. The summed E-state index contributed by atoms with van der Waals surface area (Å²) in [5, 5.41) is 2.36. The molecule has 1 aromatic carbocycles. The maximum atomic E-state index is 12.6. The number of allylic oxidation sites excluding steroid dienone is 1. The van der Waals surface area contributed by atoms with Crippen LogP contribution in [0.5, 0.6) is 0 Å². The van der Waals surface area contributed by atoms with Crippen LogP contribution in [0.2, 0.25) is 0 Å². The Bertz CT molecular complexity index is 515. The van der Waals surface area contributed by atoms with E-state index in [9.17, 15) is 31.1 Å². The van der Waals surface area contributed by atoms with E-state index in [1.807, 2.05) is 0 Å². The summed E-state index contributed by atoms with van der Waals surface area (Å²) in [5.74, 6) is 0. The summed E-state index contributed by atoms with van der Waals surface area (Å²) in [6.45, 7) is -0.346. The molecule has 0 unspecified atom stereocenters. The lowest BCUT2D eigenvalue weighted by atomic mass is 10.0. The second kappa shape index (κ2) is 6.06. The molecule has 0 atom stereocenters. The zero-order valence-electron chi connectivity index (χ0n) is 10.3. The molecule has 0 amide bonds. The van der Waals surface area contributed by atoms with Gasteiger partial charge in [-0.2, -0.15) is 26.3 Å². The number of carbonyl (C=O) groups excluding carboxylic acids is 1. The third kappa shape index (κ3) is 5.01. The number of rotatable bonds is 4. The number of aldehydes is 1. The van der Waals surface area contributed by atoms with Crippen LogP contribution >= 0.6 is 0 Å². The van der Waals surface area contributed by atoms with Crippen molar-refractivity contribution in [2.45, 2.75) is 18.9 Å². The summed E-state index contributed by atoms with van der Waals surface area (Å²) < 4.78 is 75.5. The Morgan fingerprint density at radius 2 is 1.52 bits per heavy atom. The minimum absolute atomic E-state index is 0.0408. The fourth-order valence-corrected chi connectivity index (χ4v) is 1.44. The number of nitrogens with two attached hydrogens (primary N) is 1. The Balaban J connectivity index is 3.11. The molecule has 1 rings (SSSR count). The van der Waals surface area contributed by atoms with Crippen LogP contribution < -0.4 is 11.1 Å². The van der Waals surface area contributed by atoms with Crippen molar-refractivity contribution in [1.29, 1.82) is 0 Å². The van der Waals surface area contributed by atoms with Gasteiger partial charge in [-0.1, -0.05) is 0 Å². The van der Waals surface area contributed by atoms with Crippen LogP contribution in [0.1, 0.15) is 16.7 Å². The highest BCUT2D eigenvalue weighted by molar-refractivity contribution is 5.71. The monoisotopic (exact) mass is 312 g/mol. The molecule has 0 heterocycles. The minimum atomic E-state index is -4.90. The van der Waals surface area contributed by atoms with Gasteiger partial charge in [0.1, 0.15) is 0 Å². The van der Waals surface area contributed by atoms with Crippen molar-refractivity contribution in [2.24, 2.45) is 5.73 Å². The summed E-state index contributed by atoms with van der Waals surface area (Å²) in [4.78, 5) is 10.2. The fraction of sp³-hybridized carbons (Fsp3) is 0.250. The summed E-state index contributed by atoms with van der Waals surface area (Å²) in [6, 6.07) is 1.22. The minimum Gasteiger partial charge on any atom is -0.395 e. The van der Waals surface area contributed by atoms with Crippen LogP contribution in [0, 0.1) is 0 Å². The van der Waals surface area contributed by atoms with Crippen molar-refractivity contribution >= 4 is 6.29 Å². The Morgan fingerprint density at radius 1 is 1.05 bits per heavy atom. The number of hydrogen-bond donors (Lipinski definition) is 2. The van der Waals surface area contributed by atoms with Crippen LogP contribution in [-0.2, 0) is 23.7 Å². The Kier molecular flexibility index (Phi) is 4.87. The van der Waals surface area contributed by atoms with Gasteiger partial charge in [-0.25, -0.2) is 0 Å². The summed E-state index contributed by atoms with van der Waals surface area (Å²) in [5.41, 5.74) is 1.82. The van der Waals surface area contributed by atoms with E-state index >= 15 is 0 Å². The van der Waals surface area contributed by atoms with Gasteiger partial charge in [-0.05, 0) is 23.8 Å². The first-order valence-corrected chi connectivity index (χ1v) is 5.46. The molecule has 3 N–H and O–H groups in total. The highest BCUT2D eigenvalue weighted by atomic mass is 19.4. The lowest BCUT2D eigenvalue weighted by Crippen LogP contribution is -2.15. The molecule has 3 nitrogen and oxygen atoms in total. The molecule has 0 radical (unpaired) electrons. The molecule has 0 aliphatic heterocycles. The molecule has 21 heavy (non-hydrogen) atoms. The molecule has 0 fully saturated rings. The quantitative estimate of drug-likeness (QED) is 0.511. The predicted molar refractivity (Wildman–Crippen MR) is 61.6 cm³/mol. The zero-order chi connectivity index (χ0) is 16.3. The van der Waals surface area contributed by atoms with Crippen molar-refractivity contribution in [3.8, 4) is 0 Å². The highest BCUT2D eigenvalue weighted by Gasteiger charge is 2.36. The first-order chi connectivity index (χ1) is 9.54. The van der Waals surface area contributed by atoms with Gasteiger partial charge in [-0.15, -0.1) is 0 Å². The largest absolute Gasteiger partial charge is 0.416 e. The maximum absolute atomic E-state index is 12.6. The molecule has 9 heteroatoms. The molecule has 0 aliphatic carbocycles. The van der Waals surface area contributed by atoms with Gasteiger partial charge < -0.3 is 11.1 Å². The number of halogens is 6. The van der Waals surface area contributed by atoms with Gasteiger partial charge in [0, 0.05) is 12.7 Å². The first-order valence-electron chi connectivity index (χ1n) is 5.46. The van der Waals surface area contributed by atoms with Gasteiger partial charge >= 0.3 is 12.4 Å². The van der Waals surface area contributed by atoms with Crippen LogP contribution in [0.4, 0.5) is 26.3 Å². The van der Waals surface area contributed by atoms with Gasteiger partial charge in [-0.3, -0.25) is 4.79 Å². The van der Waals surface area contributed by atoms with Crippen molar-refractivity contribution in [3.05, 3.63) is 46.8 Å². The predicted octanol–water partition coefficient (Wildman–Crippen LogP) is 2.81. The Labute approximate surface area is 115 Å². The van der Waals surface area contributed by atoms with Crippen molar-refractivity contribution in [2.75, 3.05) is 0 Å². The Hall–Kier alpha value is -2.19. The van der Waals surface area contributed by atoms with E-state index in [0.717, 1.165) is 6.20 Å². The molecule has 0 aliphatic rings. The molecule has 0 saturated carbocycles. The van der Waals surface area contributed by atoms with E-state index in [2.05, 4.69) is 5.32 Å². The Morgan fingerprint density at radius 3 is 1.90 bits per heavy atom. The van der Waals surface area contributed by atoms with Crippen molar-refractivity contribution in [3.63, 3.8) is 0 Å². The average molecular weight is 312 g/mol. The molecule has 0 bridgehead atoms. The van der Waals surface area contributed by atoms with Gasteiger partial charge in [0.25, 0.3) is 0 Å². The summed E-state index contributed by atoms with van der Waals surface area (Å²) in [6.07, 6.45) is -8.53. The normalized spacial score (nSPS) is 13.1. The molecular formula is C12H10F6N2O. The fourth-order valence-electron chi connectivity index (χ4n) is 1.44. The third-order valence-corrected chi connectivity index (χ3v) is 2.36. The SMILES string of the molecule is N/C(C=O)=C\NCc1cc(C(F)(F)F)cc(C(F)(F)F)c1. The van der Waals surface area contributed by atoms with E-state index in [0.29, 0.717) is 12.1 Å². The maximum Gasteiger partial charge on any atom is 0.416 e. The zero-order valence-corrected chi connectivity index (χ0v) is 10.3. The highest BCUT2D eigenvalue weighted by Crippen LogP contribution is 2.36. The molecule has 0 saturated heterocycles. The lowest BCUT2D eigenvalue weighted by molar-refractivity contribution is -0.143. The summed E-state index contributed by atoms with van der Waals surface area (Å²) in [7, 11) is 0. The molecule has 1 aromatic rings. The molecule has 116 valence electrons. The second-order valence-corrected chi connectivity index (χ2v) is 4.06. The number of benzene rings is 1. The lowest BCUT2D eigenvalue weighted by Gasteiger charge is -2.14. The van der Waals surface area contributed by atoms with Gasteiger partial charge in [0.05, 0.1) is 16.8 Å². The van der Waals surface area contributed by atoms with Crippen LogP contribution in [0.15, 0.2) is 30.1 Å². The van der Waals surface area contributed by atoms with Crippen molar-refractivity contribution < 1.29 is 31.1 Å². The summed E-state index contributed by atoms with van der Waals surface area (Å²) >= 11 is 0. The standard InChI is InChI=1S/C12H10F6N2O/c13-11(14,15)8-1-7(4-20-5-10(19)6-21)2-9(3-8)12(16,17)18/h1-3,5-6,20H,4,19H2/b10-5-. The second-order valence-electron chi connectivity index (χ2n) is 4.06. The smallest absolute Gasteiger partial charge is 0.395 e. The number of alkyl halides is 6. The van der Waals surface area contributed by atoms with Crippen LogP contribution in [-0.4, -0.2) is 6.29 Å². The van der Waals surface area contributed by atoms with Crippen molar-refractivity contribution in [1.82, 2.24) is 5.32 Å². The first kappa shape index (κ1) is 16.9. The number of carbonyl (C=O) groups is 1. The van der Waals surface area contributed by atoms with Crippen LogP contribution in [0.3, 0.4) is 0 Å². The van der Waals surface area contributed by atoms with Gasteiger partial charge in [0.15, 0.2) is 6.29 Å². The van der Waals surface area contributed by atoms with E-state index in [4.69, 9.17) is 5.73 Å². The van der Waals surface area contributed by atoms with E-state index < -0.39 is 23.5 Å². The molecule has 0 aromatic heterocycles. The van der Waals surface area contributed by atoms with E-state index in [-0.39, 0.29) is 30.2 Å². The molecule has 0 spiro atoms. The number of nitrogens with one attached hydrogen (secondary N) is 1.